The second kappa shape index (κ2) is 13.6. The molecule has 2 aromatic carbocycles. The average Bonchev–Trinajstić information content (AvgIpc) is 3.30. The highest BCUT2D eigenvalue weighted by molar-refractivity contribution is 6.30. The van der Waals surface area contributed by atoms with E-state index in [0.717, 1.165) is 48.4 Å². The highest BCUT2D eigenvalue weighted by atomic mass is 35.5. The molecule has 0 saturated heterocycles. The van der Waals surface area contributed by atoms with Gasteiger partial charge >= 0.3 is 11.9 Å². The van der Waals surface area contributed by atoms with Crippen LogP contribution >= 0.6 is 11.6 Å². The number of hydrogen-bond donors (Lipinski definition) is 3. The van der Waals surface area contributed by atoms with Gasteiger partial charge in [0.15, 0.2) is 6.10 Å². The van der Waals surface area contributed by atoms with Crippen molar-refractivity contribution in [3.8, 4) is 17.0 Å². The lowest BCUT2D eigenvalue weighted by atomic mass is 10.0. The summed E-state index contributed by atoms with van der Waals surface area (Å²) in [5.74, 6) is -2.12. The minimum atomic E-state index is -1.48. The van der Waals surface area contributed by atoms with Gasteiger partial charge in [-0.15, -0.1) is 0 Å². The van der Waals surface area contributed by atoms with E-state index in [4.69, 9.17) is 20.9 Å². The zero-order chi connectivity index (χ0) is 25.9. The van der Waals surface area contributed by atoms with Crippen molar-refractivity contribution in [2.24, 2.45) is 0 Å². The van der Waals surface area contributed by atoms with Crippen LogP contribution < -0.4 is 5.43 Å². The number of nitrogens with zero attached hydrogens (tertiary/aromatic N) is 2. The van der Waals surface area contributed by atoms with Crippen LogP contribution in [0.3, 0.4) is 0 Å². The molecule has 10 heteroatoms. The number of hydrogen-bond acceptors (Lipinski definition) is 8. The Morgan fingerprint density at radius 2 is 1.89 bits per heavy atom. The molecule has 3 aromatic rings. The molecule has 9 nitrogen and oxygen atoms in total. The molecule has 0 radical (unpaired) electrons. The van der Waals surface area contributed by atoms with Crippen LogP contribution in [0.5, 0.6) is 5.88 Å². The van der Waals surface area contributed by atoms with Gasteiger partial charge in [0.25, 0.3) is 5.88 Å². The number of hydrazine groups is 1. The number of halogens is 1. The van der Waals surface area contributed by atoms with Crippen LogP contribution in [-0.4, -0.2) is 51.5 Å². The van der Waals surface area contributed by atoms with E-state index >= 15 is 0 Å². The third kappa shape index (κ3) is 8.37. The topological polar surface area (TPSA) is 125 Å². The summed E-state index contributed by atoms with van der Waals surface area (Å²) < 4.78 is 9.95. The molecule has 192 valence electrons. The number of aliphatic hydroxyl groups excluding tert-OH is 1. The number of unbranched alkanes of at least 4 members (excludes halogenated alkanes) is 3. The predicted molar refractivity (Wildman–Crippen MR) is 134 cm³/mol. The molecule has 0 aliphatic heterocycles. The second-order valence-corrected chi connectivity index (χ2v) is 8.76. The summed E-state index contributed by atoms with van der Waals surface area (Å²) in [6, 6.07) is 16.1. The van der Waals surface area contributed by atoms with E-state index in [9.17, 15) is 19.8 Å². The summed E-state index contributed by atoms with van der Waals surface area (Å²) in [7, 11) is 0. The highest BCUT2D eigenvalue weighted by Gasteiger charge is 2.24. The second-order valence-electron chi connectivity index (χ2n) is 8.32. The van der Waals surface area contributed by atoms with E-state index in [1.165, 1.54) is 5.01 Å². The standard InChI is InChI=1S/C26H30ClN3O6/c1-2-3-4-5-13-35-26(34)22(31)17-30(28-25(33)23-15-24(32)29-36-23)16-18-9-11-19(12-10-18)20-7-6-8-21(27)14-20/h6-12,14-15,22,31H,2-5,13,16-17H2,1H3,(H,28,33)(H,29,32). The molecule has 0 aliphatic rings. The van der Waals surface area contributed by atoms with Gasteiger partial charge in [-0.05, 0) is 40.4 Å². The third-order valence-corrected chi connectivity index (χ3v) is 5.61. The number of benzene rings is 2. The monoisotopic (exact) mass is 515 g/mol. The Balaban J connectivity index is 1.66. The molecule has 0 saturated carbocycles. The zero-order valence-corrected chi connectivity index (χ0v) is 20.8. The van der Waals surface area contributed by atoms with E-state index in [0.29, 0.717) is 5.02 Å². The van der Waals surface area contributed by atoms with Gasteiger partial charge in [-0.25, -0.2) is 9.80 Å². The molecule has 1 aromatic heterocycles. The fourth-order valence-electron chi connectivity index (χ4n) is 3.49. The normalized spacial score (nSPS) is 11.9. The van der Waals surface area contributed by atoms with Crippen LogP contribution in [0.1, 0.15) is 48.7 Å². The SMILES string of the molecule is CCCCCCOC(=O)C(O)CN(Cc1ccc(-c2cccc(Cl)c2)cc1)NC(=O)c1cc(O)no1. The Bertz CT molecular complexity index is 1130. The maximum Gasteiger partial charge on any atom is 0.336 e. The first-order valence-electron chi connectivity index (χ1n) is 11.8. The molecule has 36 heavy (non-hydrogen) atoms. The van der Waals surface area contributed by atoms with Gasteiger partial charge in [-0.1, -0.05) is 74.2 Å². The summed E-state index contributed by atoms with van der Waals surface area (Å²) in [5, 5.41) is 25.1. The summed E-state index contributed by atoms with van der Waals surface area (Å²) in [5.41, 5.74) is 5.31. The maximum absolute atomic E-state index is 12.5. The van der Waals surface area contributed by atoms with Gasteiger partial charge in [0.05, 0.1) is 19.2 Å². The number of amides is 1. The lowest BCUT2D eigenvalue weighted by molar-refractivity contribution is -0.155. The molecule has 1 unspecified atom stereocenters. The number of aromatic hydroxyl groups is 1. The van der Waals surface area contributed by atoms with Gasteiger partial charge in [0, 0.05) is 11.6 Å². The molecule has 1 atom stereocenters. The van der Waals surface area contributed by atoms with Crippen LogP contribution in [0.4, 0.5) is 0 Å². The summed E-state index contributed by atoms with van der Waals surface area (Å²) in [6.45, 7) is 2.26. The Labute approximate surface area is 214 Å². The van der Waals surface area contributed by atoms with E-state index < -0.39 is 23.9 Å². The summed E-state index contributed by atoms with van der Waals surface area (Å²) >= 11 is 6.09. The molecule has 0 aliphatic carbocycles. The molecule has 3 N–H and O–H groups in total. The van der Waals surface area contributed by atoms with Crippen molar-refractivity contribution in [1.82, 2.24) is 15.6 Å². The minimum Gasteiger partial charge on any atom is -0.491 e. The van der Waals surface area contributed by atoms with Crippen molar-refractivity contribution in [3.63, 3.8) is 0 Å². The first kappa shape index (κ1) is 27.2. The first-order chi connectivity index (χ1) is 17.4. The number of aromatic nitrogens is 1. The Morgan fingerprint density at radius 3 is 2.56 bits per heavy atom. The van der Waals surface area contributed by atoms with Gasteiger partial charge in [-0.2, -0.15) is 0 Å². The smallest absolute Gasteiger partial charge is 0.336 e. The lowest BCUT2D eigenvalue weighted by Gasteiger charge is -2.24. The van der Waals surface area contributed by atoms with Crippen LogP contribution in [0.15, 0.2) is 59.1 Å². The van der Waals surface area contributed by atoms with Gasteiger partial charge in [0.1, 0.15) is 0 Å². The van der Waals surface area contributed by atoms with E-state index in [2.05, 4.69) is 17.5 Å². The van der Waals surface area contributed by atoms with E-state index in [1.807, 2.05) is 42.5 Å². The van der Waals surface area contributed by atoms with E-state index in [-0.39, 0.29) is 25.5 Å². The van der Waals surface area contributed by atoms with Crippen molar-refractivity contribution < 1.29 is 29.1 Å². The minimum absolute atomic E-state index is 0.169. The van der Waals surface area contributed by atoms with Crippen molar-refractivity contribution >= 4 is 23.5 Å². The fraction of sp³-hybridized carbons (Fsp3) is 0.346. The van der Waals surface area contributed by atoms with Crippen LogP contribution in [-0.2, 0) is 16.1 Å². The number of rotatable bonds is 13. The number of esters is 1. The molecule has 0 fully saturated rings. The quantitative estimate of drug-likeness (QED) is 0.174. The molecular formula is C26H30ClN3O6. The van der Waals surface area contributed by atoms with Gasteiger partial charge < -0.3 is 19.5 Å². The number of nitrogens with one attached hydrogen (secondary N) is 1. The van der Waals surface area contributed by atoms with Crippen molar-refractivity contribution in [1.29, 1.82) is 0 Å². The Morgan fingerprint density at radius 1 is 1.11 bits per heavy atom. The predicted octanol–water partition coefficient (Wildman–Crippen LogP) is 4.33. The molecular weight excluding hydrogens is 486 g/mol. The van der Waals surface area contributed by atoms with Crippen molar-refractivity contribution in [2.75, 3.05) is 13.2 Å². The van der Waals surface area contributed by atoms with Crippen LogP contribution in [0.2, 0.25) is 5.02 Å². The number of carbonyl (C=O) groups is 2. The largest absolute Gasteiger partial charge is 0.491 e. The highest BCUT2D eigenvalue weighted by Crippen LogP contribution is 2.23. The van der Waals surface area contributed by atoms with Crippen LogP contribution in [0, 0.1) is 0 Å². The Hall–Kier alpha value is -3.40. The number of ether oxygens (including phenoxy) is 1. The fourth-order valence-corrected chi connectivity index (χ4v) is 3.68. The molecule has 0 spiro atoms. The number of aliphatic hydroxyl groups is 1. The van der Waals surface area contributed by atoms with Crippen molar-refractivity contribution in [2.45, 2.75) is 45.3 Å². The molecule has 3 rings (SSSR count). The van der Waals surface area contributed by atoms with Gasteiger partial charge in [0.2, 0.25) is 5.76 Å². The zero-order valence-electron chi connectivity index (χ0n) is 20.0. The van der Waals surface area contributed by atoms with Crippen LogP contribution in [0.25, 0.3) is 11.1 Å². The Kier molecular flexibility index (Phi) is 10.3. The van der Waals surface area contributed by atoms with Gasteiger partial charge in [-0.3, -0.25) is 10.2 Å². The summed E-state index contributed by atoms with van der Waals surface area (Å²) in [4.78, 5) is 24.8. The molecule has 1 heterocycles. The maximum atomic E-state index is 12.5. The first-order valence-corrected chi connectivity index (χ1v) is 12.1. The molecule has 0 bridgehead atoms. The summed E-state index contributed by atoms with van der Waals surface area (Å²) in [6.07, 6.45) is 2.30. The van der Waals surface area contributed by atoms with Crippen molar-refractivity contribution in [3.05, 3.63) is 70.9 Å². The molecule has 1 amide bonds. The lowest BCUT2D eigenvalue weighted by Crippen LogP contribution is -2.47. The van der Waals surface area contributed by atoms with E-state index in [1.54, 1.807) is 6.07 Å². The number of carbonyl (C=O) groups excluding carboxylic acids is 2. The third-order valence-electron chi connectivity index (χ3n) is 5.37. The average molecular weight is 516 g/mol.